The van der Waals surface area contributed by atoms with Crippen molar-refractivity contribution in [1.29, 1.82) is 0 Å². The van der Waals surface area contributed by atoms with Crippen LogP contribution < -0.4 is 5.32 Å². The van der Waals surface area contributed by atoms with Crippen LogP contribution in [0, 0.1) is 17.8 Å². The van der Waals surface area contributed by atoms with Gasteiger partial charge in [0, 0.05) is 26.0 Å². The van der Waals surface area contributed by atoms with Gasteiger partial charge in [0.25, 0.3) is 0 Å². The van der Waals surface area contributed by atoms with Crippen molar-refractivity contribution in [3.8, 4) is 11.8 Å². The summed E-state index contributed by atoms with van der Waals surface area (Å²) in [4.78, 5) is 27.9. The molecule has 2 aliphatic carbocycles. The number of nitrogens with zero attached hydrogens (tertiary/aromatic N) is 3. The van der Waals surface area contributed by atoms with Crippen LogP contribution in [0.3, 0.4) is 0 Å². The van der Waals surface area contributed by atoms with Crippen molar-refractivity contribution in [3.63, 3.8) is 0 Å². The standard InChI is InChI=1S/C25H29N5O3/c1-3-19(31)12-10-17-9-11-18(14-17)28-24-23-25(27-16-26-24)30-22(29-23)8-5-13-33-21-7-4-6-20(15-21)32-2/h3-4,6-7,16-18,20H,1,9-15H2,2H3,(H2,26,27,28,29,30). The summed E-state index contributed by atoms with van der Waals surface area (Å²) in [6.07, 6.45) is 14.2. The Bertz CT molecular complexity index is 1120. The maximum absolute atomic E-state index is 11.5. The highest BCUT2D eigenvalue weighted by atomic mass is 16.5. The van der Waals surface area contributed by atoms with Crippen LogP contribution in [0.5, 0.6) is 0 Å². The third-order valence-corrected chi connectivity index (χ3v) is 6.05. The molecule has 0 aromatic carbocycles. The normalized spacial score (nSPS) is 21.8. The van der Waals surface area contributed by atoms with Gasteiger partial charge in [-0.05, 0) is 49.7 Å². The molecule has 0 aliphatic heterocycles. The zero-order valence-corrected chi connectivity index (χ0v) is 18.8. The highest BCUT2D eigenvalue weighted by molar-refractivity contribution is 5.89. The molecule has 3 atom stereocenters. The van der Waals surface area contributed by atoms with Gasteiger partial charge in [-0.2, -0.15) is 0 Å². The van der Waals surface area contributed by atoms with E-state index in [-0.39, 0.29) is 18.5 Å². The number of aromatic amines is 1. The molecule has 8 nitrogen and oxygen atoms in total. The van der Waals surface area contributed by atoms with Gasteiger partial charge in [0.1, 0.15) is 24.2 Å². The summed E-state index contributed by atoms with van der Waals surface area (Å²) < 4.78 is 11.0. The summed E-state index contributed by atoms with van der Waals surface area (Å²) in [5, 5.41) is 3.52. The number of fused-ring (bicyclic) bond motifs is 1. The van der Waals surface area contributed by atoms with E-state index in [0.29, 0.717) is 36.3 Å². The second-order valence-electron chi connectivity index (χ2n) is 8.32. The molecule has 33 heavy (non-hydrogen) atoms. The first-order valence-corrected chi connectivity index (χ1v) is 11.3. The predicted molar refractivity (Wildman–Crippen MR) is 126 cm³/mol. The van der Waals surface area contributed by atoms with E-state index in [9.17, 15) is 4.79 Å². The van der Waals surface area contributed by atoms with E-state index in [1.54, 1.807) is 7.11 Å². The van der Waals surface area contributed by atoms with E-state index in [4.69, 9.17) is 9.47 Å². The topological polar surface area (TPSA) is 102 Å². The molecule has 4 rings (SSSR count). The fourth-order valence-corrected chi connectivity index (χ4v) is 4.25. The monoisotopic (exact) mass is 447 g/mol. The summed E-state index contributed by atoms with van der Waals surface area (Å²) in [6, 6.07) is 0.312. The Morgan fingerprint density at radius 1 is 1.39 bits per heavy atom. The van der Waals surface area contributed by atoms with Crippen molar-refractivity contribution < 1.29 is 14.3 Å². The van der Waals surface area contributed by atoms with Crippen molar-refractivity contribution >= 4 is 22.8 Å². The highest BCUT2D eigenvalue weighted by Gasteiger charge is 2.25. The van der Waals surface area contributed by atoms with Gasteiger partial charge in [-0.3, -0.25) is 4.79 Å². The zero-order valence-electron chi connectivity index (χ0n) is 18.8. The average molecular weight is 448 g/mol. The maximum Gasteiger partial charge on any atom is 0.185 e. The number of imidazole rings is 1. The lowest BCUT2D eigenvalue weighted by Gasteiger charge is -2.16. The van der Waals surface area contributed by atoms with Crippen LogP contribution in [0.25, 0.3) is 11.2 Å². The summed E-state index contributed by atoms with van der Waals surface area (Å²) in [7, 11) is 1.68. The fraction of sp³-hybridized carbons (Fsp3) is 0.440. The number of ether oxygens (including phenoxy) is 2. The summed E-state index contributed by atoms with van der Waals surface area (Å²) >= 11 is 0. The number of ketones is 1. The molecule has 172 valence electrons. The Balaban J connectivity index is 1.33. The molecule has 1 fully saturated rings. The lowest BCUT2D eigenvalue weighted by atomic mass is 10.00. The number of anilines is 1. The second-order valence-corrected chi connectivity index (χ2v) is 8.32. The van der Waals surface area contributed by atoms with Gasteiger partial charge in [0.05, 0.1) is 6.10 Å². The lowest BCUT2D eigenvalue weighted by molar-refractivity contribution is -0.114. The largest absolute Gasteiger partial charge is 0.485 e. The Morgan fingerprint density at radius 2 is 2.30 bits per heavy atom. The van der Waals surface area contributed by atoms with Gasteiger partial charge < -0.3 is 19.8 Å². The Morgan fingerprint density at radius 3 is 3.15 bits per heavy atom. The number of allylic oxidation sites excluding steroid dienone is 3. The zero-order chi connectivity index (χ0) is 23.0. The Hall–Kier alpha value is -3.44. The van der Waals surface area contributed by atoms with Crippen LogP contribution in [-0.2, 0) is 14.3 Å². The molecule has 0 amide bonds. The van der Waals surface area contributed by atoms with Crippen LogP contribution in [0.15, 0.2) is 43.0 Å². The molecule has 2 aromatic rings. The number of carbonyl (C=O) groups excluding carboxylic acids is 1. The number of methoxy groups -OCH3 is 1. The molecule has 2 aromatic heterocycles. The Kier molecular flexibility index (Phi) is 7.53. The van der Waals surface area contributed by atoms with Gasteiger partial charge in [0.15, 0.2) is 23.1 Å². The number of aromatic nitrogens is 4. The number of nitrogens with one attached hydrogen (secondary N) is 2. The number of H-pyrrole nitrogens is 1. The minimum absolute atomic E-state index is 0.0441. The number of rotatable bonds is 9. The first-order valence-electron chi connectivity index (χ1n) is 11.3. The summed E-state index contributed by atoms with van der Waals surface area (Å²) in [5.74, 6) is 8.77. The number of carbonyl (C=O) groups is 1. The highest BCUT2D eigenvalue weighted by Crippen LogP contribution is 2.32. The van der Waals surface area contributed by atoms with Crippen molar-refractivity contribution in [1.82, 2.24) is 19.9 Å². The third kappa shape index (κ3) is 6.08. The molecule has 0 radical (unpaired) electrons. The predicted octanol–water partition coefficient (Wildman–Crippen LogP) is 3.70. The van der Waals surface area contributed by atoms with Gasteiger partial charge in [0.2, 0.25) is 0 Å². The minimum Gasteiger partial charge on any atom is -0.485 e. The molecule has 0 saturated heterocycles. The second kappa shape index (κ2) is 10.9. The molecular weight excluding hydrogens is 418 g/mol. The van der Waals surface area contributed by atoms with Crippen LogP contribution >= 0.6 is 0 Å². The van der Waals surface area contributed by atoms with Gasteiger partial charge in [-0.15, -0.1) is 0 Å². The van der Waals surface area contributed by atoms with Crippen LogP contribution in [0.4, 0.5) is 5.82 Å². The van der Waals surface area contributed by atoms with Gasteiger partial charge in [-0.1, -0.05) is 24.7 Å². The molecule has 2 heterocycles. The van der Waals surface area contributed by atoms with Crippen molar-refractivity contribution in [2.45, 2.75) is 50.7 Å². The first-order chi connectivity index (χ1) is 16.1. The summed E-state index contributed by atoms with van der Waals surface area (Å²) in [5.41, 5.74) is 1.32. The van der Waals surface area contributed by atoms with E-state index in [1.165, 1.54) is 12.4 Å². The van der Waals surface area contributed by atoms with E-state index in [2.05, 4.69) is 43.7 Å². The van der Waals surface area contributed by atoms with E-state index in [1.807, 2.05) is 18.2 Å². The average Bonchev–Trinajstić information content (AvgIpc) is 3.47. The summed E-state index contributed by atoms with van der Waals surface area (Å²) in [6.45, 7) is 3.81. The van der Waals surface area contributed by atoms with Crippen LogP contribution in [-0.4, -0.2) is 51.6 Å². The van der Waals surface area contributed by atoms with Gasteiger partial charge in [-0.25, -0.2) is 15.0 Å². The molecule has 0 spiro atoms. The molecule has 2 N–H and O–H groups in total. The SMILES string of the molecule is C=CC(=O)CCC1CCC(Nc2ncnc3nc(C#CCOC4=CC=CC(OC)C4)[nH]c23)C1. The third-order valence-electron chi connectivity index (χ3n) is 6.05. The lowest BCUT2D eigenvalue weighted by Crippen LogP contribution is -2.17. The van der Waals surface area contributed by atoms with Gasteiger partial charge >= 0.3 is 0 Å². The molecule has 0 bridgehead atoms. The molecule has 8 heteroatoms. The molecule has 3 unspecified atom stereocenters. The smallest absolute Gasteiger partial charge is 0.185 e. The number of hydrogen-bond donors (Lipinski definition) is 2. The maximum atomic E-state index is 11.5. The van der Waals surface area contributed by atoms with E-state index >= 15 is 0 Å². The van der Waals surface area contributed by atoms with E-state index in [0.717, 1.165) is 42.8 Å². The molecule has 1 saturated carbocycles. The fourth-order valence-electron chi connectivity index (χ4n) is 4.25. The van der Waals surface area contributed by atoms with Crippen LogP contribution in [0.1, 0.15) is 44.3 Å². The molecule has 2 aliphatic rings. The Labute approximate surface area is 193 Å². The van der Waals surface area contributed by atoms with Crippen LogP contribution in [0.2, 0.25) is 0 Å². The molecular formula is C25H29N5O3. The van der Waals surface area contributed by atoms with Crippen molar-refractivity contribution in [2.75, 3.05) is 19.0 Å². The quantitative estimate of drug-likeness (QED) is 0.446. The van der Waals surface area contributed by atoms with Crippen molar-refractivity contribution in [3.05, 3.63) is 48.8 Å². The number of hydrogen-bond acceptors (Lipinski definition) is 7. The first kappa shape index (κ1) is 22.7. The minimum atomic E-state index is 0.0441. The van der Waals surface area contributed by atoms with E-state index < -0.39 is 0 Å². The van der Waals surface area contributed by atoms with Crippen molar-refractivity contribution in [2.24, 2.45) is 5.92 Å².